The van der Waals surface area contributed by atoms with Gasteiger partial charge in [-0.3, -0.25) is 4.79 Å². The lowest BCUT2D eigenvalue weighted by Crippen LogP contribution is -3.29. The second-order valence-electron chi connectivity index (χ2n) is 8.18. The highest BCUT2D eigenvalue weighted by Crippen LogP contribution is 2.26. The van der Waals surface area contributed by atoms with E-state index in [1.54, 1.807) is 4.90 Å². The van der Waals surface area contributed by atoms with E-state index < -0.39 is 0 Å². The molecule has 2 aromatic carbocycles. The molecular weight excluding hydrogens is 346 g/mol. The van der Waals surface area contributed by atoms with Crippen molar-refractivity contribution in [3.8, 4) is 0 Å². The lowest BCUT2D eigenvalue weighted by molar-refractivity contribution is -1.02. The van der Waals surface area contributed by atoms with Crippen LogP contribution < -0.4 is 15.1 Å². The van der Waals surface area contributed by atoms with Crippen molar-refractivity contribution in [3.63, 3.8) is 0 Å². The molecule has 0 aromatic heterocycles. The number of hydrogen-bond donors (Lipinski definition) is 3. The SMILES string of the molecule is CC[C@H](C)c1ccccc1NC(=O)[C@H](C)[NH+]1CC[NH+](Cc2ccccc2)CC1. The van der Waals surface area contributed by atoms with Crippen LogP contribution in [0.1, 0.15) is 44.2 Å². The summed E-state index contributed by atoms with van der Waals surface area (Å²) in [5.41, 5.74) is 3.60. The van der Waals surface area contributed by atoms with Gasteiger partial charge in [0.25, 0.3) is 5.91 Å². The molecule has 0 spiro atoms. The third kappa shape index (κ3) is 5.21. The fraction of sp³-hybridized carbons (Fsp3) is 0.458. The molecule has 1 aliphatic rings. The Hall–Kier alpha value is -2.17. The minimum absolute atomic E-state index is 0.0248. The largest absolute Gasteiger partial charge is 0.322 e. The number of amides is 1. The molecule has 28 heavy (non-hydrogen) atoms. The maximum absolute atomic E-state index is 12.9. The van der Waals surface area contributed by atoms with Crippen LogP contribution in [0.15, 0.2) is 54.6 Å². The van der Waals surface area contributed by atoms with Crippen LogP contribution in [0.25, 0.3) is 0 Å². The van der Waals surface area contributed by atoms with Crippen LogP contribution in [0.3, 0.4) is 0 Å². The van der Waals surface area contributed by atoms with Crippen molar-refractivity contribution in [1.82, 2.24) is 0 Å². The third-order valence-electron chi connectivity index (χ3n) is 6.26. The Morgan fingerprint density at radius 1 is 0.964 bits per heavy atom. The molecule has 1 amide bonds. The van der Waals surface area contributed by atoms with E-state index in [1.165, 1.54) is 16.0 Å². The lowest BCUT2D eigenvalue weighted by Gasteiger charge is -2.32. The zero-order valence-corrected chi connectivity index (χ0v) is 17.5. The fourth-order valence-corrected chi connectivity index (χ4v) is 4.11. The van der Waals surface area contributed by atoms with Gasteiger partial charge in [-0.15, -0.1) is 0 Å². The number of para-hydroxylation sites is 1. The average molecular weight is 382 g/mol. The van der Waals surface area contributed by atoms with Crippen molar-refractivity contribution in [2.45, 2.75) is 45.7 Å². The first-order chi connectivity index (χ1) is 13.6. The maximum Gasteiger partial charge on any atom is 0.282 e. The topological polar surface area (TPSA) is 38.0 Å². The second-order valence-corrected chi connectivity index (χ2v) is 8.18. The molecule has 150 valence electrons. The van der Waals surface area contributed by atoms with Gasteiger partial charge in [0.05, 0.1) is 0 Å². The molecule has 4 nitrogen and oxygen atoms in total. The first-order valence-corrected chi connectivity index (χ1v) is 10.7. The highest BCUT2D eigenvalue weighted by molar-refractivity contribution is 5.94. The summed E-state index contributed by atoms with van der Waals surface area (Å²) in [4.78, 5) is 15.9. The lowest BCUT2D eigenvalue weighted by atomic mass is 9.97. The number of rotatable bonds is 7. The smallest absolute Gasteiger partial charge is 0.282 e. The van der Waals surface area contributed by atoms with E-state index in [0.29, 0.717) is 5.92 Å². The summed E-state index contributed by atoms with van der Waals surface area (Å²) in [5, 5.41) is 3.21. The molecule has 4 heteroatoms. The van der Waals surface area contributed by atoms with Crippen LogP contribution in [-0.4, -0.2) is 38.1 Å². The predicted octanol–water partition coefficient (Wildman–Crippen LogP) is 1.51. The quantitative estimate of drug-likeness (QED) is 0.668. The summed E-state index contributed by atoms with van der Waals surface area (Å²) in [5.74, 6) is 0.585. The van der Waals surface area contributed by atoms with Gasteiger partial charge in [-0.1, -0.05) is 62.4 Å². The zero-order valence-electron chi connectivity index (χ0n) is 17.5. The number of piperazine rings is 1. The normalized spacial score (nSPS) is 21.7. The number of carbonyl (C=O) groups excluding carboxylic acids is 1. The van der Waals surface area contributed by atoms with Crippen LogP contribution in [0, 0.1) is 0 Å². The molecule has 1 fully saturated rings. The van der Waals surface area contributed by atoms with Gasteiger partial charge in [0, 0.05) is 11.3 Å². The number of carbonyl (C=O) groups is 1. The number of nitrogens with one attached hydrogen (secondary N) is 3. The molecule has 1 saturated heterocycles. The Kier molecular flexibility index (Phi) is 7.24. The molecule has 0 bridgehead atoms. The molecule has 2 aromatic rings. The van der Waals surface area contributed by atoms with Crippen molar-refractivity contribution in [1.29, 1.82) is 0 Å². The van der Waals surface area contributed by atoms with Crippen molar-refractivity contribution in [2.24, 2.45) is 0 Å². The van der Waals surface area contributed by atoms with E-state index >= 15 is 0 Å². The van der Waals surface area contributed by atoms with E-state index in [-0.39, 0.29) is 11.9 Å². The summed E-state index contributed by atoms with van der Waals surface area (Å²) >= 11 is 0. The van der Waals surface area contributed by atoms with Crippen LogP contribution in [0.2, 0.25) is 0 Å². The van der Waals surface area contributed by atoms with Gasteiger partial charge in [0.2, 0.25) is 0 Å². The molecule has 0 radical (unpaired) electrons. The second kappa shape index (κ2) is 9.85. The van der Waals surface area contributed by atoms with Gasteiger partial charge < -0.3 is 15.1 Å². The number of hydrogen-bond acceptors (Lipinski definition) is 1. The van der Waals surface area contributed by atoms with Gasteiger partial charge >= 0.3 is 0 Å². The molecule has 3 N–H and O–H groups in total. The van der Waals surface area contributed by atoms with Gasteiger partial charge in [0.1, 0.15) is 32.7 Å². The molecule has 0 saturated carbocycles. The Morgan fingerprint density at radius 2 is 1.61 bits per heavy atom. The number of quaternary nitrogens is 2. The van der Waals surface area contributed by atoms with Crippen LogP contribution in [0.5, 0.6) is 0 Å². The molecule has 1 aliphatic heterocycles. The van der Waals surface area contributed by atoms with Crippen molar-refractivity contribution < 1.29 is 14.6 Å². The Morgan fingerprint density at radius 3 is 2.29 bits per heavy atom. The van der Waals surface area contributed by atoms with E-state index in [2.05, 4.69) is 68.6 Å². The van der Waals surface area contributed by atoms with Crippen molar-refractivity contribution in [3.05, 3.63) is 65.7 Å². The predicted molar refractivity (Wildman–Crippen MR) is 115 cm³/mol. The minimum Gasteiger partial charge on any atom is -0.322 e. The highest BCUT2D eigenvalue weighted by atomic mass is 16.2. The Labute approximate surface area is 169 Å². The number of benzene rings is 2. The van der Waals surface area contributed by atoms with Gasteiger partial charge in [-0.25, -0.2) is 0 Å². The van der Waals surface area contributed by atoms with E-state index in [0.717, 1.165) is 44.8 Å². The average Bonchev–Trinajstić information content (AvgIpc) is 2.74. The first-order valence-electron chi connectivity index (χ1n) is 10.7. The summed E-state index contributed by atoms with van der Waals surface area (Å²) in [6, 6.07) is 18.9. The summed E-state index contributed by atoms with van der Waals surface area (Å²) in [7, 11) is 0. The van der Waals surface area contributed by atoms with Gasteiger partial charge in [-0.2, -0.15) is 0 Å². The molecule has 0 unspecified atom stereocenters. The molecule has 1 heterocycles. The van der Waals surface area contributed by atoms with Crippen LogP contribution in [0.4, 0.5) is 5.69 Å². The summed E-state index contributed by atoms with van der Waals surface area (Å²) in [6.45, 7) is 11.9. The van der Waals surface area contributed by atoms with Crippen LogP contribution in [-0.2, 0) is 11.3 Å². The molecular formula is C24H35N3O+2. The summed E-state index contributed by atoms with van der Waals surface area (Å²) in [6.07, 6.45) is 1.07. The van der Waals surface area contributed by atoms with Crippen molar-refractivity contribution >= 4 is 11.6 Å². The minimum atomic E-state index is -0.0248. The summed E-state index contributed by atoms with van der Waals surface area (Å²) < 4.78 is 0. The van der Waals surface area contributed by atoms with Crippen LogP contribution >= 0.6 is 0 Å². The first kappa shape index (κ1) is 20.6. The molecule has 0 aliphatic carbocycles. The highest BCUT2D eigenvalue weighted by Gasteiger charge is 2.31. The van der Waals surface area contributed by atoms with E-state index in [4.69, 9.17) is 0 Å². The Bertz CT molecular complexity index is 753. The van der Waals surface area contributed by atoms with E-state index in [1.807, 2.05) is 12.1 Å². The van der Waals surface area contributed by atoms with E-state index in [9.17, 15) is 4.79 Å². The van der Waals surface area contributed by atoms with Gasteiger partial charge in [0.15, 0.2) is 6.04 Å². The monoisotopic (exact) mass is 381 g/mol. The number of anilines is 1. The maximum atomic E-state index is 12.9. The Balaban J connectivity index is 1.54. The molecule has 3 rings (SSSR count). The van der Waals surface area contributed by atoms with Crippen molar-refractivity contribution in [2.75, 3.05) is 31.5 Å². The molecule has 2 atom stereocenters. The fourth-order valence-electron chi connectivity index (χ4n) is 4.11. The third-order valence-corrected chi connectivity index (χ3v) is 6.26. The zero-order chi connectivity index (χ0) is 19.9. The van der Waals surface area contributed by atoms with Gasteiger partial charge in [-0.05, 0) is 30.9 Å². The standard InChI is InChI=1S/C24H33N3O/c1-4-19(2)22-12-8-9-13-23(22)25-24(28)20(3)27-16-14-26(15-17-27)18-21-10-6-5-7-11-21/h5-13,19-20H,4,14-18H2,1-3H3,(H,25,28)/p+2/t19-,20-/m0/s1.